The lowest BCUT2D eigenvalue weighted by atomic mass is 9.81. The van der Waals surface area contributed by atoms with E-state index in [2.05, 4.69) is 11.8 Å². The van der Waals surface area contributed by atoms with Crippen LogP contribution in [0.1, 0.15) is 29.6 Å². The number of esters is 1. The van der Waals surface area contributed by atoms with Gasteiger partial charge >= 0.3 is 5.97 Å². The number of carbonyl (C=O) groups excluding carboxylic acids is 1. The molecule has 1 saturated carbocycles. The lowest BCUT2D eigenvalue weighted by molar-refractivity contribution is 0.0234. The van der Waals surface area contributed by atoms with Gasteiger partial charge in [0.2, 0.25) is 0 Å². The Morgan fingerprint density at radius 1 is 1.35 bits per heavy atom. The number of ether oxygens (including phenoxy) is 1. The maximum absolute atomic E-state index is 11.5. The van der Waals surface area contributed by atoms with E-state index in [0.717, 1.165) is 6.42 Å². The van der Waals surface area contributed by atoms with Crippen molar-refractivity contribution in [1.29, 1.82) is 0 Å². The molecule has 1 fully saturated rings. The number of benzene rings is 1. The second-order valence-corrected chi connectivity index (χ2v) is 4.13. The quantitative estimate of drug-likeness (QED) is 0.622. The molecule has 0 unspecified atom stereocenters. The number of hydrogen-bond acceptors (Lipinski definition) is 3. The molecule has 0 spiro atoms. The van der Waals surface area contributed by atoms with Crippen LogP contribution in [0.3, 0.4) is 0 Å². The molecule has 2 rings (SSSR count). The van der Waals surface area contributed by atoms with Gasteiger partial charge in [-0.3, -0.25) is 0 Å². The van der Waals surface area contributed by atoms with Gasteiger partial charge in [0.1, 0.15) is 5.60 Å². The zero-order valence-electron chi connectivity index (χ0n) is 9.48. The Balaban J connectivity index is 1.81. The van der Waals surface area contributed by atoms with Gasteiger partial charge in [0.25, 0.3) is 0 Å². The molecule has 1 aromatic carbocycles. The minimum absolute atomic E-state index is 0.0238. The van der Waals surface area contributed by atoms with E-state index in [1.165, 1.54) is 0 Å². The van der Waals surface area contributed by atoms with E-state index in [-0.39, 0.29) is 12.6 Å². The molecule has 1 N–H and O–H groups in total. The first-order valence-corrected chi connectivity index (χ1v) is 5.64. The standard InChI is InChI=1S/C14H14O3/c15-13(12-6-2-1-3-7-12)17-11-5-10-14(16)8-4-9-14/h1-3,6-7,16H,4,8-9,11H2. The van der Waals surface area contributed by atoms with Crippen LogP contribution in [-0.2, 0) is 4.74 Å². The van der Waals surface area contributed by atoms with Gasteiger partial charge in [-0.25, -0.2) is 4.79 Å². The Morgan fingerprint density at radius 3 is 2.65 bits per heavy atom. The van der Waals surface area contributed by atoms with Crippen molar-refractivity contribution in [3.8, 4) is 11.8 Å². The van der Waals surface area contributed by atoms with Crippen LogP contribution >= 0.6 is 0 Å². The zero-order valence-corrected chi connectivity index (χ0v) is 9.48. The molecule has 3 nitrogen and oxygen atoms in total. The molecule has 3 heteroatoms. The van der Waals surface area contributed by atoms with Crippen molar-refractivity contribution in [1.82, 2.24) is 0 Å². The van der Waals surface area contributed by atoms with Gasteiger partial charge in [-0.15, -0.1) is 0 Å². The van der Waals surface area contributed by atoms with Gasteiger partial charge in [-0.1, -0.05) is 30.0 Å². The summed E-state index contributed by atoms with van der Waals surface area (Å²) in [4.78, 5) is 11.5. The highest BCUT2D eigenvalue weighted by molar-refractivity contribution is 5.89. The maximum atomic E-state index is 11.5. The van der Waals surface area contributed by atoms with Crippen LogP contribution in [-0.4, -0.2) is 23.3 Å². The topological polar surface area (TPSA) is 46.5 Å². The highest BCUT2D eigenvalue weighted by atomic mass is 16.5. The van der Waals surface area contributed by atoms with Crippen LogP contribution in [0, 0.1) is 11.8 Å². The second kappa shape index (κ2) is 5.03. The lowest BCUT2D eigenvalue weighted by Gasteiger charge is -2.30. The summed E-state index contributed by atoms with van der Waals surface area (Å²) < 4.78 is 4.97. The predicted octanol–water partition coefficient (Wildman–Crippen LogP) is 1.76. The molecule has 0 heterocycles. The first kappa shape index (κ1) is 11.7. The van der Waals surface area contributed by atoms with Gasteiger partial charge in [0.05, 0.1) is 5.56 Å². The monoisotopic (exact) mass is 230 g/mol. The molecule has 0 aliphatic heterocycles. The Hall–Kier alpha value is -1.79. The third-order valence-corrected chi connectivity index (χ3v) is 2.79. The molecule has 0 aromatic heterocycles. The maximum Gasteiger partial charge on any atom is 0.339 e. The predicted molar refractivity (Wildman–Crippen MR) is 63.3 cm³/mol. The molecule has 1 aliphatic carbocycles. The summed E-state index contributed by atoms with van der Waals surface area (Å²) in [5.74, 6) is 5.03. The number of rotatable bonds is 2. The van der Waals surface area contributed by atoms with Crippen LogP contribution in [0.4, 0.5) is 0 Å². The van der Waals surface area contributed by atoms with Crippen molar-refractivity contribution < 1.29 is 14.6 Å². The van der Waals surface area contributed by atoms with Crippen molar-refractivity contribution in [2.45, 2.75) is 24.9 Å². The van der Waals surface area contributed by atoms with E-state index in [9.17, 15) is 9.90 Å². The zero-order chi connectivity index (χ0) is 12.1. The summed E-state index contributed by atoms with van der Waals surface area (Å²) in [6.45, 7) is 0.0238. The summed E-state index contributed by atoms with van der Waals surface area (Å²) in [5.41, 5.74) is -0.323. The van der Waals surface area contributed by atoms with E-state index in [1.54, 1.807) is 24.3 Å². The third kappa shape index (κ3) is 3.08. The molecule has 0 bridgehead atoms. The van der Waals surface area contributed by atoms with E-state index >= 15 is 0 Å². The van der Waals surface area contributed by atoms with Gasteiger partial charge in [-0.2, -0.15) is 0 Å². The molecule has 88 valence electrons. The van der Waals surface area contributed by atoms with Crippen molar-refractivity contribution in [2.75, 3.05) is 6.61 Å². The first-order valence-electron chi connectivity index (χ1n) is 5.64. The number of hydrogen-bond donors (Lipinski definition) is 1. The van der Waals surface area contributed by atoms with Crippen LogP contribution in [0.25, 0.3) is 0 Å². The molecule has 17 heavy (non-hydrogen) atoms. The van der Waals surface area contributed by atoms with E-state index < -0.39 is 5.60 Å². The van der Waals surface area contributed by atoms with E-state index in [1.807, 2.05) is 6.07 Å². The van der Waals surface area contributed by atoms with Crippen molar-refractivity contribution in [2.24, 2.45) is 0 Å². The van der Waals surface area contributed by atoms with Gasteiger partial charge in [-0.05, 0) is 31.4 Å². The Morgan fingerprint density at radius 2 is 2.06 bits per heavy atom. The van der Waals surface area contributed by atoms with Gasteiger partial charge in [0, 0.05) is 0 Å². The molecule has 0 amide bonds. The average Bonchev–Trinajstić information content (AvgIpc) is 2.33. The summed E-state index contributed by atoms with van der Waals surface area (Å²) >= 11 is 0. The minimum atomic E-state index is -0.834. The average molecular weight is 230 g/mol. The normalized spacial score (nSPS) is 16.3. The molecule has 1 aromatic rings. The second-order valence-electron chi connectivity index (χ2n) is 4.13. The van der Waals surface area contributed by atoms with Crippen LogP contribution < -0.4 is 0 Å². The van der Waals surface area contributed by atoms with Crippen molar-refractivity contribution >= 4 is 5.97 Å². The fourth-order valence-electron chi connectivity index (χ4n) is 1.60. The summed E-state index contributed by atoms with van der Waals surface area (Å²) in [5, 5.41) is 9.68. The van der Waals surface area contributed by atoms with Crippen molar-refractivity contribution in [3.63, 3.8) is 0 Å². The van der Waals surface area contributed by atoms with Gasteiger partial charge in [0.15, 0.2) is 6.61 Å². The highest BCUT2D eigenvalue weighted by Gasteiger charge is 2.31. The van der Waals surface area contributed by atoms with Crippen LogP contribution in [0.5, 0.6) is 0 Å². The largest absolute Gasteiger partial charge is 0.449 e. The van der Waals surface area contributed by atoms with Crippen LogP contribution in [0.2, 0.25) is 0 Å². The smallest absolute Gasteiger partial charge is 0.339 e. The molecule has 0 atom stereocenters. The summed E-state index contributed by atoms with van der Waals surface area (Å²) in [7, 11) is 0. The van der Waals surface area contributed by atoms with Crippen molar-refractivity contribution in [3.05, 3.63) is 35.9 Å². The number of aliphatic hydroxyl groups is 1. The molecular weight excluding hydrogens is 216 g/mol. The number of carbonyl (C=O) groups is 1. The fraction of sp³-hybridized carbons (Fsp3) is 0.357. The first-order chi connectivity index (χ1) is 8.20. The minimum Gasteiger partial charge on any atom is -0.449 e. The highest BCUT2D eigenvalue weighted by Crippen LogP contribution is 2.30. The Kier molecular flexibility index (Phi) is 3.46. The SMILES string of the molecule is O=C(OCC#CC1(O)CCC1)c1ccccc1. The summed E-state index contributed by atoms with van der Waals surface area (Å²) in [6.07, 6.45) is 2.44. The lowest BCUT2D eigenvalue weighted by Crippen LogP contribution is -2.34. The van der Waals surface area contributed by atoms with Gasteiger partial charge < -0.3 is 9.84 Å². The third-order valence-electron chi connectivity index (χ3n) is 2.79. The van der Waals surface area contributed by atoms with Crippen LogP contribution in [0.15, 0.2) is 30.3 Å². The van der Waals surface area contributed by atoms with E-state index in [0.29, 0.717) is 18.4 Å². The van der Waals surface area contributed by atoms with E-state index in [4.69, 9.17) is 4.74 Å². The fourth-order valence-corrected chi connectivity index (χ4v) is 1.60. The molecule has 0 saturated heterocycles. The molecule has 0 radical (unpaired) electrons. The molecule has 1 aliphatic rings. The Bertz CT molecular complexity index is 449. The molecular formula is C14H14O3. The summed E-state index contributed by atoms with van der Waals surface area (Å²) in [6, 6.07) is 8.77. The Labute approximate surface area is 100 Å².